The molecule has 0 aliphatic carbocycles. The Morgan fingerprint density at radius 3 is 2.55 bits per heavy atom. The second-order valence-corrected chi connectivity index (χ2v) is 5.09. The van der Waals surface area contributed by atoms with Gasteiger partial charge in [0.1, 0.15) is 5.82 Å². The van der Waals surface area contributed by atoms with Crippen molar-refractivity contribution < 1.29 is 23.8 Å². The van der Waals surface area contributed by atoms with E-state index in [1.54, 1.807) is 6.07 Å². The Morgan fingerprint density at radius 2 is 2.00 bits per heavy atom. The molecule has 0 radical (unpaired) electrons. The van der Waals surface area contributed by atoms with E-state index >= 15 is 0 Å². The van der Waals surface area contributed by atoms with Crippen molar-refractivity contribution in [2.24, 2.45) is 0 Å². The lowest BCUT2D eigenvalue weighted by Crippen LogP contribution is -2.18. The van der Waals surface area contributed by atoms with Gasteiger partial charge < -0.3 is 14.6 Å². The fourth-order valence-corrected chi connectivity index (χ4v) is 2.53. The molecule has 0 fully saturated rings. The highest BCUT2D eigenvalue weighted by atomic mass is 32.2. The molecule has 1 rings (SSSR count). The van der Waals surface area contributed by atoms with Crippen LogP contribution < -0.4 is 0 Å². The largest absolute Gasteiger partial charge is 0.478 e. The number of thioether (sulfide) groups is 1. The van der Waals surface area contributed by atoms with Crippen LogP contribution in [0.15, 0.2) is 23.1 Å². The van der Waals surface area contributed by atoms with E-state index in [-0.39, 0.29) is 11.9 Å². The monoisotopic (exact) mass is 302 g/mol. The second-order valence-electron chi connectivity index (χ2n) is 3.92. The van der Waals surface area contributed by atoms with Crippen molar-refractivity contribution in [2.45, 2.75) is 31.5 Å². The molecule has 0 aromatic heterocycles. The van der Waals surface area contributed by atoms with Crippen LogP contribution in [0.3, 0.4) is 0 Å². The second kappa shape index (κ2) is 8.94. The van der Waals surface area contributed by atoms with Gasteiger partial charge >= 0.3 is 5.97 Å². The minimum absolute atomic E-state index is 0.253. The predicted octanol–water partition coefficient (Wildman–Crippen LogP) is 3.41. The van der Waals surface area contributed by atoms with Gasteiger partial charge in [-0.15, -0.1) is 11.8 Å². The van der Waals surface area contributed by atoms with Crippen LogP contribution >= 0.6 is 11.8 Å². The maximum absolute atomic E-state index is 13.2. The lowest BCUT2D eigenvalue weighted by Gasteiger charge is -2.16. The quantitative estimate of drug-likeness (QED) is 0.559. The molecule has 0 aliphatic heterocycles. The van der Waals surface area contributed by atoms with Gasteiger partial charge in [-0.2, -0.15) is 0 Å². The van der Waals surface area contributed by atoms with Gasteiger partial charge in [-0.05, 0) is 32.0 Å². The third-order valence-corrected chi connectivity index (χ3v) is 3.52. The minimum Gasteiger partial charge on any atom is -0.478 e. The van der Waals surface area contributed by atoms with Gasteiger partial charge in [-0.3, -0.25) is 0 Å². The fourth-order valence-electron chi connectivity index (χ4n) is 1.62. The summed E-state index contributed by atoms with van der Waals surface area (Å²) in [6.45, 7) is 4.96. The summed E-state index contributed by atoms with van der Waals surface area (Å²) in [5.74, 6) is -1.27. The van der Waals surface area contributed by atoms with E-state index in [1.165, 1.54) is 23.9 Å². The maximum atomic E-state index is 13.2. The van der Waals surface area contributed by atoms with Crippen LogP contribution in [-0.4, -0.2) is 36.3 Å². The van der Waals surface area contributed by atoms with Gasteiger partial charge in [-0.25, -0.2) is 9.18 Å². The number of carbonyl (C=O) groups is 1. The predicted molar refractivity (Wildman–Crippen MR) is 75.7 cm³/mol. The molecule has 4 nitrogen and oxygen atoms in total. The van der Waals surface area contributed by atoms with E-state index in [0.29, 0.717) is 25.4 Å². The molecule has 1 N–H and O–H groups in total. The fraction of sp³-hybridized carbons (Fsp3) is 0.500. The third-order valence-electron chi connectivity index (χ3n) is 2.50. The van der Waals surface area contributed by atoms with Crippen molar-refractivity contribution in [1.82, 2.24) is 0 Å². The van der Waals surface area contributed by atoms with E-state index in [2.05, 4.69) is 0 Å². The summed E-state index contributed by atoms with van der Waals surface area (Å²) in [5, 5.41) is 8.85. The lowest BCUT2D eigenvalue weighted by molar-refractivity contribution is -0.136. The average Bonchev–Trinajstić information content (AvgIpc) is 2.41. The number of rotatable bonds is 9. The Bertz CT molecular complexity index is 433. The molecule has 0 unspecified atom stereocenters. The molecule has 0 atom stereocenters. The zero-order valence-electron chi connectivity index (χ0n) is 11.6. The van der Waals surface area contributed by atoms with Gasteiger partial charge in [0.05, 0.1) is 5.56 Å². The highest BCUT2D eigenvalue weighted by Gasteiger charge is 2.12. The molecule has 1 aromatic carbocycles. The Labute approximate surface area is 122 Å². The van der Waals surface area contributed by atoms with Crippen molar-refractivity contribution in [2.75, 3.05) is 19.0 Å². The van der Waals surface area contributed by atoms with Crippen molar-refractivity contribution >= 4 is 17.7 Å². The summed E-state index contributed by atoms with van der Waals surface area (Å²) in [6, 6.07) is 4.09. The standard InChI is InChI=1S/C14H19FO4S/c1-3-18-13(19-4-2)7-8-20-10-5-6-12(15)11(9-10)14(16)17/h5-6,9,13H,3-4,7-8H2,1-2H3,(H,16,17). The number of carboxylic acids is 1. The van der Waals surface area contributed by atoms with E-state index in [0.717, 1.165) is 4.90 Å². The number of halogens is 1. The summed E-state index contributed by atoms with van der Waals surface area (Å²) < 4.78 is 24.1. The van der Waals surface area contributed by atoms with Crippen molar-refractivity contribution in [3.63, 3.8) is 0 Å². The smallest absolute Gasteiger partial charge is 0.338 e. The summed E-state index contributed by atoms with van der Waals surface area (Å²) in [4.78, 5) is 11.6. The first-order valence-corrected chi connectivity index (χ1v) is 7.45. The molecule has 0 aliphatic rings. The molecule has 0 bridgehead atoms. The van der Waals surface area contributed by atoms with Gasteiger partial charge in [0, 0.05) is 30.3 Å². The molecule has 0 amide bonds. The molecule has 0 saturated carbocycles. The number of hydrogen-bond acceptors (Lipinski definition) is 4. The SMILES string of the molecule is CCOC(CCSc1ccc(F)c(C(=O)O)c1)OCC. The van der Waals surface area contributed by atoms with Crippen LogP contribution in [-0.2, 0) is 9.47 Å². The number of carboxylic acid groups (broad SMARTS) is 1. The van der Waals surface area contributed by atoms with E-state index in [1.807, 2.05) is 13.8 Å². The Balaban J connectivity index is 2.53. The molecule has 20 heavy (non-hydrogen) atoms. The zero-order chi connectivity index (χ0) is 15.0. The molecule has 6 heteroatoms. The summed E-state index contributed by atoms with van der Waals surface area (Å²) in [7, 11) is 0. The van der Waals surface area contributed by atoms with Gasteiger partial charge in [-0.1, -0.05) is 0 Å². The van der Waals surface area contributed by atoms with E-state index in [9.17, 15) is 9.18 Å². The first-order valence-electron chi connectivity index (χ1n) is 6.47. The Hall–Kier alpha value is -1.11. The molecule has 0 spiro atoms. The van der Waals surface area contributed by atoms with Crippen LogP contribution in [0.25, 0.3) is 0 Å². The van der Waals surface area contributed by atoms with Crippen molar-refractivity contribution in [1.29, 1.82) is 0 Å². The minimum atomic E-state index is -1.26. The number of aromatic carboxylic acids is 1. The van der Waals surface area contributed by atoms with Crippen molar-refractivity contribution in [3.05, 3.63) is 29.6 Å². The van der Waals surface area contributed by atoms with E-state index in [4.69, 9.17) is 14.6 Å². The Morgan fingerprint density at radius 1 is 1.35 bits per heavy atom. The topological polar surface area (TPSA) is 55.8 Å². The summed E-state index contributed by atoms with van der Waals surface area (Å²) >= 11 is 1.45. The van der Waals surface area contributed by atoms with Crippen LogP contribution in [0, 0.1) is 5.82 Å². The van der Waals surface area contributed by atoms with Crippen molar-refractivity contribution in [3.8, 4) is 0 Å². The van der Waals surface area contributed by atoms with Crippen LogP contribution in [0.1, 0.15) is 30.6 Å². The average molecular weight is 302 g/mol. The zero-order valence-corrected chi connectivity index (χ0v) is 12.4. The summed E-state index contributed by atoms with van der Waals surface area (Å²) in [5.41, 5.74) is -0.304. The third kappa shape index (κ3) is 5.48. The summed E-state index contributed by atoms with van der Waals surface area (Å²) in [6.07, 6.45) is 0.434. The van der Waals surface area contributed by atoms with Crippen LogP contribution in [0.4, 0.5) is 4.39 Å². The first-order chi connectivity index (χ1) is 9.58. The molecular weight excluding hydrogens is 283 g/mol. The first kappa shape index (κ1) is 16.9. The van der Waals surface area contributed by atoms with Crippen LogP contribution in [0.2, 0.25) is 0 Å². The molecule has 0 heterocycles. The van der Waals surface area contributed by atoms with Gasteiger partial charge in [0.2, 0.25) is 0 Å². The lowest BCUT2D eigenvalue weighted by atomic mass is 10.2. The Kier molecular flexibility index (Phi) is 7.58. The van der Waals surface area contributed by atoms with Crippen LogP contribution in [0.5, 0.6) is 0 Å². The number of benzene rings is 1. The number of ether oxygens (including phenoxy) is 2. The number of hydrogen-bond donors (Lipinski definition) is 1. The van der Waals surface area contributed by atoms with Gasteiger partial charge in [0.15, 0.2) is 6.29 Å². The van der Waals surface area contributed by atoms with Gasteiger partial charge in [0.25, 0.3) is 0 Å². The molecule has 0 saturated heterocycles. The highest BCUT2D eigenvalue weighted by Crippen LogP contribution is 2.23. The molecule has 1 aromatic rings. The van der Waals surface area contributed by atoms with E-state index < -0.39 is 11.8 Å². The maximum Gasteiger partial charge on any atom is 0.338 e. The highest BCUT2D eigenvalue weighted by molar-refractivity contribution is 7.99. The molecular formula is C14H19FO4S. The molecule has 112 valence electrons. The normalized spacial score (nSPS) is 11.0.